The van der Waals surface area contributed by atoms with Gasteiger partial charge in [0, 0.05) is 0 Å². The molecule has 0 N–H and O–H groups in total. The number of rotatable bonds is 2. The summed E-state index contributed by atoms with van der Waals surface area (Å²) < 4.78 is 4.81. The highest BCUT2D eigenvalue weighted by molar-refractivity contribution is 5.91. The van der Waals surface area contributed by atoms with E-state index >= 15 is 0 Å². The van der Waals surface area contributed by atoms with Crippen LogP contribution < -0.4 is 0 Å². The van der Waals surface area contributed by atoms with Crippen LogP contribution in [0.2, 0.25) is 0 Å². The Balaban J connectivity index is 2.83. The minimum absolute atomic E-state index is 0.0799. The Morgan fingerprint density at radius 2 is 2.23 bits per heavy atom. The van der Waals surface area contributed by atoms with Crippen LogP contribution in [0.15, 0.2) is 12.3 Å². The molecule has 0 atom stereocenters. The maximum absolute atomic E-state index is 11.2. The highest BCUT2D eigenvalue weighted by Crippen LogP contribution is 2.13. The van der Waals surface area contributed by atoms with Crippen LogP contribution >= 0.6 is 0 Å². The maximum Gasteiger partial charge on any atom is 0.344 e. The van der Waals surface area contributed by atoms with E-state index in [0.29, 0.717) is 0 Å². The number of nitrogens with zero attached hydrogens (tertiary/aromatic N) is 2. The third-order valence-electron chi connectivity index (χ3n) is 1.25. The lowest BCUT2D eigenvalue weighted by molar-refractivity contribution is 0.0371. The van der Waals surface area contributed by atoms with Gasteiger partial charge in [0.15, 0.2) is 0 Å². The van der Waals surface area contributed by atoms with Gasteiger partial charge in [-0.2, -0.15) is 5.10 Å². The zero-order chi connectivity index (χ0) is 9.84. The standard InChI is InChI=1S/C8H9N2O3/c1-5(2)13-8(12)6-3-4-9-10-7(6)11/h3-5H,1-2H3. The van der Waals surface area contributed by atoms with Gasteiger partial charge < -0.3 is 4.74 Å². The molecule has 0 aliphatic heterocycles. The molecule has 1 radical (unpaired) electrons. The lowest BCUT2D eigenvalue weighted by Gasteiger charge is -2.06. The summed E-state index contributed by atoms with van der Waals surface area (Å²) in [6.07, 6.45) is 1.03. The number of hydrogen-bond donors (Lipinski definition) is 0. The molecular formula is C8H9N2O3. The Morgan fingerprint density at radius 1 is 1.54 bits per heavy atom. The summed E-state index contributed by atoms with van der Waals surface area (Å²) in [5, 5.41) is 17.5. The van der Waals surface area contributed by atoms with Crippen LogP contribution in [0.4, 0.5) is 0 Å². The Hall–Kier alpha value is -1.65. The van der Waals surface area contributed by atoms with Gasteiger partial charge in [0.2, 0.25) is 0 Å². The van der Waals surface area contributed by atoms with Crippen LogP contribution in [-0.4, -0.2) is 22.3 Å². The molecule has 0 amide bonds. The zero-order valence-corrected chi connectivity index (χ0v) is 7.35. The highest BCUT2D eigenvalue weighted by Gasteiger charge is 2.15. The van der Waals surface area contributed by atoms with Gasteiger partial charge >= 0.3 is 11.8 Å². The predicted octanol–water partition coefficient (Wildman–Crippen LogP) is 1.19. The Kier molecular flexibility index (Phi) is 2.79. The topological polar surface area (TPSA) is 72.0 Å². The third-order valence-corrected chi connectivity index (χ3v) is 1.25. The van der Waals surface area contributed by atoms with Gasteiger partial charge in [-0.25, -0.2) is 4.79 Å². The summed E-state index contributed by atoms with van der Waals surface area (Å²) in [5.74, 6) is -1.32. The summed E-state index contributed by atoms with van der Waals surface area (Å²) >= 11 is 0. The number of hydrogen-bond acceptors (Lipinski definition) is 4. The fourth-order valence-corrected chi connectivity index (χ4v) is 0.752. The van der Waals surface area contributed by atoms with Gasteiger partial charge in [0.25, 0.3) is 0 Å². The second kappa shape index (κ2) is 3.84. The van der Waals surface area contributed by atoms with Crippen molar-refractivity contribution in [3.63, 3.8) is 0 Å². The normalized spacial score (nSPS) is 10.1. The summed E-state index contributed by atoms with van der Waals surface area (Å²) in [4.78, 5) is 11.2. The van der Waals surface area contributed by atoms with E-state index < -0.39 is 11.8 Å². The van der Waals surface area contributed by atoms with Gasteiger partial charge in [0.05, 0.1) is 12.3 Å². The van der Waals surface area contributed by atoms with Crippen molar-refractivity contribution in [2.45, 2.75) is 20.0 Å². The van der Waals surface area contributed by atoms with E-state index in [9.17, 15) is 9.90 Å². The molecule has 0 saturated carbocycles. The molecule has 1 aromatic rings. The Labute approximate surface area is 75.4 Å². The Bertz CT molecular complexity index is 312. The number of carbonyl (C=O) groups is 1. The molecule has 5 nitrogen and oxygen atoms in total. The molecule has 13 heavy (non-hydrogen) atoms. The predicted molar refractivity (Wildman–Crippen MR) is 42.7 cm³/mol. The van der Waals surface area contributed by atoms with E-state index in [0.717, 1.165) is 0 Å². The average Bonchev–Trinajstić information content (AvgIpc) is 2.03. The molecule has 0 aromatic carbocycles. The average molecular weight is 181 g/mol. The van der Waals surface area contributed by atoms with Crippen molar-refractivity contribution in [2.75, 3.05) is 0 Å². The van der Waals surface area contributed by atoms with Crippen molar-refractivity contribution in [1.82, 2.24) is 10.2 Å². The van der Waals surface area contributed by atoms with Crippen LogP contribution in [-0.2, 0) is 9.84 Å². The first-order valence-corrected chi connectivity index (χ1v) is 3.81. The quantitative estimate of drug-likeness (QED) is 0.642. The van der Waals surface area contributed by atoms with Gasteiger partial charge in [-0.15, -0.1) is 5.10 Å². The molecule has 0 bridgehead atoms. The largest absolute Gasteiger partial charge is 0.459 e. The van der Waals surface area contributed by atoms with Crippen LogP contribution in [0.3, 0.4) is 0 Å². The SMILES string of the molecule is CC(C)OC(=O)c1ccnnc1[O]. The van der Waals surface area contributed by atoms with E-state index in [1.807, 2.05) is 0 Å². The van der Waals surface area contributed by atoms with E-state index in [1.54, 1.807) is 13.8 Å². The van der Waals surface area contributed by atoms with Gasteiger partial charge in [-0.3, -0.25) is 5.11 Å². The maximum atomic E-state index is 11.2. The highest BCUT2D eigenvalue weighted by atomic mass is 16.5. The molecule has 0 unspecified atom stereocenters. The van der Waals surface area contributed by atoms with Gasteiger partial charge in [-0.05, 0) is 19.9 Å². The first-order chi connectivity index (χ1) is 6.11. The molecular weight excluding hydrogens is 172 g/mol. The smallest absolute Gasteiger partial charge is 0.344 e. The number of ether oxygens (including phenoxy) is 1. The molecule has 0 saturated heterocycles. The summed E-state index contributed by atoms with van der Waals surface area (Å²) in [6, 6.07) is 1.29. The molecule has 0 aliphatic rings. The van der Waals surface area contributed by atoms with Crippen molar-refractivity contribution >= 4 is 5.97 Å². The van der Waals surface area contributed by atoms with E-state index in [2.05, 4.69) is 10.2 Å². The number of carbonyl (C=O) groups excluding carboxylic acids is 1. The van der Waals surface area contributed by atoms with Crippen molar-refractivity contribution < 1.29 is 14.6 Å². The summed E-state index contributed by atoms with van der Waals surface area (Å²) in [5.41, 5.74) is -0.0799. The van der Waals surface area contributed by atoms with E-state index in [-0.39, 0.29) is 11.7 Å². The van der Waals surface area contributed by atoms with Gasteiger partial charge in [-0.1, -0.05) is 0 Å². The molecule has 69 valence electrons. The minimum atomic E-state index is -0.659. The van der Waals surface area contributed by atoms with E-state index in [4.69, 9.17) is 4.74 Å². The first-order valence-electron chi connectivity index (χ1n) is 3.81. The van der Waals surface area contributed by atoms with Crippen LogP contribution in [0.5, 0.6) is 5.88 Å². The van der Waals surface area contributed by atoms with Crippen molar-refractivity contribution in [3.8, 4) is 5.88 Å². The second-order valence-electron chi connectivity index (χ2n) is 2.70. The molecule has 0 aliphatic carbocycles. The van der Waals surface area contributed by atoms with Gasteiger partial charge in [0.1, 0.15) is 5.56 Å². The number of esters is 1. The lowest BCUT2D eigenvalue weighted by Crippen LogP contribution is -2.12. The van der Waals surface area contributed by atoms with Crippen molar-refractivity contribution in [2.24, 2.45) is 0 Å². The molecule has 0 spiro atoms. The summed E-state index contributed by atoms with van der Waals surface area (Å²) in [6.45, 7) is 3.41. The molecule has 1 aromatic heterocycles. The zero-order valence-electron chi connectivity index (χ0n) is 7.35. The third kappa shape index (κ3) is 2.40. The van der Waals surface area contributed by atoms with E-state index in [1.165, 1.54) is 12.3 Å². The van der Waals surface area contributed by atoms with Crippen LogP contribution in [0, 0.1) is 0 Å². The molecule has 1 rings (SSSR count). The van der Waals surface area contributed by atoms with Crippen LogP contribution in [0.1, 0.15) is 24.2 Å². The second-order valence-corrected chi connectivity index (χ2v) is 2.70. The minimum Gasteiger partial charge on any atom is -0.459 e. The van der Waals surface area contributed by atoms with Crippen molar-refractivity contribution in [3.05, 3.63) is 17.8 Å². The summed E-state index contributed by atoms with van der Waals surface area (Å²) in [7, 11) is 0. The molecule has 0 fully saturated rings. The monoisotopic (exact) mass is 181 g/mol. The lowest BCUT2D eigenvalue weighted by atomic mass is 10.3. The number of aromatic nitrogens is 2. The van der Waals surface area contributed by atoms with Crippen molar-refractivity contribution in [1.29, 1.82) is 0 Å². The molecule has 1 heterocycles. The fraction of sp³-hybridized carbons (Fsp3) is 0.375. The van der Waals surface area contributed by atoms with Crippen LogP contribution in [0.25, 0.3) is 0 Å². The fourth-order valence-electron chi connectivity index (χ4n) is 0.752. The Morgan fingerprint density at radius 3 is 2.77 bits per heavy atom. The molecule has 5 heteroatoms. The first kappa shape index (κ1) is 9.44.